The molecule has 1 N–H and O–H groups in total. The van der Waals surface area contributed by atoms with Crippen LogP contribution >= 0.6 is 12.6 Å². The lowest BCUT2D eigenvalue weighted by Gasteiger charge is -2.26. The van der Waals surface area contributed by atoms with E-state index in [0.29, 0.717) is 11.5 Å². The summed E-state index contributed by atoms with van der Waals surface area (Å²) < 4.78 is 5.21. The fourth-order valence-electron chi connectivity index (χ4n) is 1.66. The van der Waals surface area contributed by atoms with Gasteiger partial charge in [-0.05, 0) is 6.07 Å². The molecule has 1 saturated heterocycles. The summed E-state index contributed by atoms with van der Waals surface area (Å²) in [7, 11) is 0. The lowest BCUT2D eigenvalue weighted by molar-refractivity contribution is 0.0702. The van der Waals surface area contributed by atoms with Gasteiger partial charge in [0.05, 0.1) is 6.26 Å². The van der Waals surface area contributed by atoms with Gasteiger partial charge in [0.2, 0.25) is 0 Å². The van der Waals surface area contributed by atoms with Crippen LogP contribution in [0, 0.1) is 0 Å². The Kier molecular flexibility index (Phi) is 3.33. The quantitative estimate of drug-likeness (QED) is 0.732. The summed E-state index contributed by atoms with van der Waals surface area (Å²) in [6.45, 7) is 3.18. The Morgan fingerprint density at radius 1 is 1.53 bits per heavy atom. The van der Waals surface area contributed by atoms with Crippen molar-refractivity contribution in [1.82, 2.24) is 10.2 Å². The molecular weight excluding hydrogens is 212 g/mol. The second kappa shape index (κ2) is 4.72. The van der Waals surface area contributed by atoms with Crippen molar-refractivity contribution in [2.45, 2.75) is 5.75 Å². The molecule has 2 heterocycles. The molecule has 1 aliphatic heterocycles. The maximum Gasteiger partial charge on any atom is 0.289 e. The Hall–Kier alpha value is -0.940. The van der Waals surface area contributed by atoms with Gasteiger partial charge >= 0.3 is 0 Å². The van der Waals surface area contributed by atoms with Crippen molar-refractivity contribution in [3.63, 3.8) is 0 Å². The van der Waals surface area contributed by atoms with E-state index in [0.717, 1.165) is 31.7 Å². The summed E-state index contributed by atoms with van der Waals surface area (Å²) in [6, 6.07) is 1.79. The van der Waals surface area contributed by atoms with E-state index in [1.54, 1.807) is 12.3 Å². The van der Waals surface area contributed by atoms with E-state index in [-0.39, 0.29) is 5.91 Å². The van der Waals surface area contributed by atoms with Crippen LogP contribution < -0.4 is 5.32 Å². The highest BCUT2D eigenvalue weighted by Crippen LogP contribution is 2.15. The van der Waals surface area contributed by atoms with Crippen molar-refractivity contribution in [3.8, 4) is 0 Å². The number of thiol groups is 1. The van der Waals surface area contributed by atoms with Crippen molar-refractivity contribution in [3.05, 3.63) is 23.7 Å². The summed E-state index contributed by atoms with van der Waals surface area (Å²) in [5, 5.41) is 3.20. The van der Waals surface area contributed by atoms with Gasteiger partial charge in [-0.3, -0.25) is 4.79 Å². The highest BCUT2D eigenvalue weighted by atomic mass is 32.1. The molecule has 4 nitrogen and oxygen atoms in total. The summed E-state index contributed by atoms with van der Waals surface area (Å²) in [5.74, 6) is 0.946. The number of piperazine rings is 1. The van der Waals surface area contributed by atoms with Crippen LogP contribution in [0.3, 0.4) is 0 Å². The number of carbonyl (C=O) groups excluding carboxylic acids is 1. The first-order valence-corrected chi connectivity index (χ1v) is 5.63. The molecule has 1 aromatic heterocycles. The molecule has 1 fully saturated rings. The molecule has 0 bridgehead atoms. The van der Waals surface area contributed by atoms with Crippen molar-refractivity contribution < 1.29 is 9.21 Å². The fraction of sp³-hybridized carbons (Fsp3) is 0.500. The molecule has 1 aliphatic rings. The van der Waals surface area contributed by atoms with Crippen LogP contribution in [0.5, 0.6) is 0 Å². The van der Waals surface area contributed by atoms with Crippen LogP contribution in [0.2, 0.25) is 0 Å². The number of rotatable bonds is 2. The average Bonchev–Trinajstić information content (AvgIpc) is 2.77. The van der Waals surface area contributed by atoms with Gasteiger partial charge < -0.3 is 14.6 Å². The Morgan fingerprint density at radius 3 is 2.93 bits per heavy atom. The Morgan fingerprint density at radius 2 is 2.27 bits per heavy atom. The molecule has 0 aliphatic carbocycles. The van der Waals surface area contributed by atoms with Crippen LogP contribution in [-0.2, 0) is 5.75 Å². The molecular formula is C10H14N2O2S. The number of nitrogens with one attached hydrogen (secondary N) is 1. The zero-order valence-corrected chi connectivity index (χ0v) is 9.30. The molecule has 1 amide bonds. The van der Waals surface area contributed by atoms with Crippen LogP contribution in [0.4, 0.5) is 0 Å². The van der Waals surface area contributed by atoms with Gasteiger partial charge in [0.1, 0.15) is 0 Å². The van der Waals surface area contributed by atoms with Crippen molar-refractivity contribution in [2.24, 2.45) is 0 Å². The predicted octanol–water partition coefficient (Wildman–Crippen LogP) is 0.755. The molecule has 0 spiro atoms. The predicted molar refractivity (Wildman–Crippen MR) is 60.2 cm³/mol. The number of amides is 1. The molecule has 0 radical (unpaired) electrons. The smallest absolute Gasteiger partial charge is 0.289 e. The second-order valence-corrected chi connectivity index (χ2v) is 3.79. The number of carbonyl (C=O) groups is 1. The van der Waals surface area contributed by atoms with E-state index < -0.39 is 0 Å². The highest BCUT2D eigenvalue weighted by Gasteiger charge is 2.22. The van der Waals surface area contributed by atoms with Crippen LogP contribution in [0.15, 0.2) is 16.7 Å². The summed E-state index contributed by atoms with van der Waals surface area (Å²) in [6.07, 6.45) is 1.54. The molecule has 2 rings (SSSR count). The third kappa shape index (κ3) is 2.18. The van der Waals surface area contributed by atoms with Gasteiger partial charge in [-0.2, -0.15) is 12.6 Å². The minimum Gasteiger partial charge on any atom is -0.459 e. The van der Waals surface area contributed by atoms with E-state index in [9.17, 15) is 4.79 Å². The van der Waals surface area contributed by atoms with E-state index in [4.69, 9.17) is 4.42 Å². The Labute approximate surface area is 94.0 Å². The topological polar surface area (TPSA) is 45.5 Å². The first-order chi connectivity index (χ1) is 7.33. The van der Waals surface area contributed by atoms with E-state index in [1.807, 2.05) is 4.90 Å². The van der Waals surface area contributed by atoms with Gasteiger partial charge in [0.15, 0.2) is 5.76 Å². The lowest BCUT2D eigenvalue weighted by Crippen LogP contribution is -2.46. The Balaban J connectivity index is 2.12. The van der Waals surface area contributed by atoms with Crippen molar-refractivity contribution >= 4 is 18.5 Å². The molecule has 0 atom stereocenters. The first-order valence-electron chi connectivity index (χ1n) is 5.00. The minimum absolute atomic E-state index is 0.0226. The van der Waals surface area contributed by atoms with Gasteiger partial charge in [-0.1, -0.05) is 0 Å². The molecule has 1 aromatic rings. The maximum atomic E-state index is 12.0. The number of hydrogen-bond acceptors (Lipinski definition) is 4. The zero-order valence-electron chi connectivity index (χ0n) is 8.40. The average molecular weight is 226 g/mol. The molecule has 0 unspecified atom stereocenters. The molecule has 0 aromatic carbocycles. The van der Waals surface area contributed by atoms with Gasteiger partial charge in [0.25, 0.3) is 5.91 Å². The fourth-order valence-corrected chi connectivity index (χ4v) is 1.91. The standard InChI is InChI=1S/C10H14N2O2S/c13-10(12-4-2-11-3-5-12)9-8(7-15)1-6-14-9/h1,6,11,15H,2-5,7H2. The normalized spacial score (nSPS) is 16.7. The van der Waals surface area contributed by atoms with E-state index >= 15 is 0 Å². The second-order valence-electron chi connectivity index (χ2n) is 3.48. The number of hydrogen-bond donors (Lipinski definition) is 2. The summed E-state index contributed by atoms with van der Waals surface area (Å²) in [4.78, 5) is 13.8. The Bertz CT molecular complexity index is 345. The lowest BCUT2D eigenvalue weighted by atomic mass is 10.2. The van der Waals surface area contributed by atoms with Gasteiger partial charge in [-0.15, -0.1) is 0 Å². The third-order valence-corrected chi connectivity index (χ3v) is 2.86. The summed E-state index contributed by atoms with van der Waals surface area (Å²) >= 11 is 4.16. The summed E-state index contributed by atoms with van der Waals surface area (Å²) in [5.41, 5.74) is 0.863. The zero-order chi connectivity index (χ0) is 10.7. The molecule has 5 heteroatoms. The monoisotopic (exact) mass is 226 g/mol. The molecule has 15 heavy (non-hydrogen) atoms. The number of furan rings is 1. The van der Waals surface area contributed by atoms with Gasteiger partial charge in [-0.25, -0.2) is 0 Å². The highest BCUT2D eigenvalue weighted by molar-refractivity contribution is 7.79. The van der Waals surface area contributed by atoms with E-state index in [2.05, 4.69) is 17.9 Å². The van der Waals surface area contributed by atoms with Crippen molar-refractivity contribution in [2.75, 3.05) is 26.2 Å². The van der Waals surface area contributed by atoms with Crippen LogP contribution in [0.25, 0.3) is 0 Å². The van der Waals surface area contributed by atoms with E-state index in [1.165, 1.54) is 0 Å². The van der Waals surface area contributed by atoms with Crippen LogP contribution in [-0.4, -0.2) is 37.0 Å². The van der Waals surface area contributed by atoms with Crippen molar-refractivity contribution in [1.29, 1.82) is 0 Å². The maximum absolute atomic E-state index is 12.0. The van der Waals surface area contributed by atoms with Crippen LogP contribution in [0.1, 0.15) is 16.1 Å². The first kappa shape index (κ1) is 10.6. The number of nitrogens with zero attached hydrogens (tertiary/aromatic N) is 1. The minimum atomic E-state index is -0.0226. The largest absolute Gasteiger partial charge is 0.459 e. The third-order valence-electron chi connectivity index (χ3n) is 2.52. The van der Waals surface area contributed by atoms with Gasteiger partial charge in [0, 0.05) is 37.5 Å². The SMILES string of the molecule is O=C(c1occc1CS)N1CCNCC1. The molecule has 0 saturated carbocycles. The molecule has 82 valence electrons.